The van der Waals surface area contributed by atoms with Gasteiger partial charge in [0.2, 0.25) is 5.88 Å². The summed E-state index contributed by atoms with van der Waals surface area (Å²) in [4.78, 5) is 15.8. The summed E-state index contributed by atoms with van der Waals surface area (Å²) in [5, 5.41) is 5.84. The Morgan fingerprint density at radius 3 is 2.82 bits per heavy atom. The van der Waals surface area contributed by atoms with Crippen molar-refractivity contribution in [1.29, 1.82) is 0 Å². The topological polar surface area (TPSA) is 63.2 Å². The summed E-state index contributed by atoms with van der Waals surface area (Å²) in [6.07, 6.45) is 5.77. The molecule has 3 heterocycles. The summed E-state index contributed by atoms with van der Waals surface area (Å²) < 4.78 is 6.01. The molecule has 28 heavy (non-hydrogen) atoms. The maximum atomic E-state index is 6.21. The minimum Gasteiger partial charge on any atom is -0.476 e. The SMILES string of the molecule is Cc1ncc(Nc2cc3cccc(Cl)c3cn2)nc1OCC1CCN(C)CC1. The van der Waals surface area contributed by atoms with E-state index >= 15 is 0 Å². The van der Waals surface area contributed by atoms with Crippen molar-refractivity contribution < 1.29 is 4.74 Å². The molecule has 0 atom stereocenters. The summed E-state index contributed by atoms with van der Waals surface area (Å²) in [5.41, 5.74) is 0.789. The van der Waals surface area contributed by atoms with Crippen LogP contribution in [0.5, 0.6) is 5.88 Å². The standard InChI is InChI=1S/C21H24ClN5O/c1-14-21(28-13-15-6-8-27(2)9-7-15)26-20(12-23-14)25-19-10-16-4-3-5-18(22)17(16)11-24-19/h3-5,10-12,15H,6-9,13H2,1-2H3,(H,24,25,26). The van der Waals surface area contributed by atoms with E-state index in [1.165, 1.54) is 0 Å². The summed E-state index contributed by atoms with van der Waals surface area (Å²) in [5.74, 6) is 2.45. The molecule has 3 aromatic rings. The van der Waals surface area contributed by atoms with Gasteiger partial charge in [-0.25, -0.2) is 4.98 Å². The molecule has 0 unspecified atom stereocenters. The molecule has 0 saturated carbocycles. The maximum absolute atomic E-state index is 6.21. The Balaban J connectivity index is 1.46. The van der Waals surface area contributed by atoms with Gasteiger partial charge in [-0.2, -0.15) is 4.98 Å². The molecule has 2 aromatic heterocycles. The average molecular weight is 398 g/mol. The number of fused-ring (bicyclic) bond motifs is 1. The van der Waals surface area contributed by atoms with Gasteiger partial charge in [0.25, 0.3) is 0 Å². The molecule has 0 aliphatic carbocycles. The van der Waals surface area contributed by atoms with Crippen molar-refractivity contribution in [3.05, 3.63) is 47.4 Å². The Morgan fingerprint density at radius 2 is 2.00 bits per heavy atom. The van der Waals surface area contributed by atoms with E-state index in [0.29, 0.717) is 35.1 Å². The predicted octanol–water partition coefficient (Wildman–Crippen LogP) is 4.45. The second-order valence-corrected chi connectivity index (χ2v) is 7.77. The fraction of sp³-hybridized carbons (Fsp3) is 0.381. The monoisotopic (exact) mass is 397 g/mol. The Hall–Kier alpha value is -2.44. The van der Waals surface area contributed by atoms with Crippen LogP contribution >= 0.6 is 11.6 Å². The van der Waals surface area contributed by atoms with E-state index in [4.69, 9.17) is 16.3 Å². The molecule has 1 fully saturated rings. The number of hydrogen-bond donors (Lipinski definition) is 1. The fourth-order valence-electron chi connectivity index (χ4n) is 3.39. The lowest BCUT2D eigenvalue weighted by atomic mass is 9.98. The quantitative estimate of drug-likeness (QED) is 0.686. The van der Waals surface area contributed by atoms with Gasteiger partial charge in [-0.3, -0.25) is 4.98 Å². The van der Waals surface area contributed by atoms with Crippen LogP contribution in [0.4, 0.5) is 11.6 Å². The molecule has 6 nitrogen and oxygen atoms in total. The van der Waals surface area contributed by atoms with E-state index in [1.54, 1.807) is 12.4 Å². The van der Waals surface area contributed by atoms with Crippen molar-refractivity contribution >= 4 is 34.0 Å². The molecule has 146 valence electrons. The van der Waals surface area contributed by atoms with Gasteiger partial charge in [-0.15, -0.1) is 0 Å². The number of pyridine rings is 1. The number of aryl methyl sites for hydroxylation is 1. The number of halogens is 1. The highest BCUT2D eigenvalue weighted by Crippen LogP contribution is 2.26. The van der Waals surface area contributed by atoms with Crippen LogP contribution in [0.2, 0.25) is 5.02 Å². The van der Waals surface area contributed by atoms with Gasteiger partial charge in [0.15, 0.2) is 5.82 Å². The van der Waals surface area contributed by atoms with Crippen LogP contribution in [0.15, 0.2) is 36.7 Å². The van der Waals surface area contributed by atoms with Crippen LogP contribution in [-0.2, 0) is 0 Å². The number of benzene rings is 1. The highest BCUT2D eigenvalue weighted by atomic mass is 35.5. The molecule has 0 radical (unpaired) electrons. The van der Waals surface area contributed by atoms with Crippen molar-refractivity contribution in [1.82, 2.24) is 19.9 Å². The number of nitrogens with zero attached hydrogens (tertiary/aromatic N) is 4. The van der Waals surface area contributed by atoms with Crippen molar-refractivity contribution in [3.8, 4) is 5.88 Å². The predicted molar refractivity (Wildman–Crippen MR) is 113 cm³/mol. The third kappa shape index (κ3) is 4.34. The van der Waals surface area contributed by atoms with Crippen LogP contribution in [-0.4, -0.2) is 46.6 Å². The minimum absolute atomic E-state index is 0.570. The summed E-state index contributed by atoms with van der Waals surface area (Å²) in [7, 11) is 2.16. The first-order chi connectivity index (χ1) is 13.6. The highest BCUT2D eigenvalue weighted by Gasteiger charge is 2.18. The number of piperidine rings is 1. The molecule has 0 spiro atoms. The van der Waals surface area contributed by atoms with Gasteiger partial charge < -0.3 is 15.0 Å². The lowest BCUT2D eigenvalue weighted by molar-refractivity contribution is 0.156. The number of likely N-dealkylation sites (tertiary alicyclic amines) is 1. The molecule has 1 aromatic carbocycles. The number of ether oxygens (including phenoxy) is 1. The smallest absolute Gasteiger partial charge is 0.237 e. The zero-order chi connectivity index (χ0) is 19.5. The molecule has 0 bridgehead atoms. The maximum Gasteiger partial charge on any atom is 0.237 e. The van der Waals surface area contributed by atoms with Crippen LogP contribution in [0.25, 0.3) is 10.8 Å². The van der Waals surface area contributed by atoms with Crippen LogP contribution in [0.3, 0.4) is 0 Å². The van der Waals surface area contributed by atoms with Crippen molar-refractivity contribution in [3.63, 3.8) is 0 Å². The van der Waals surface area contributed by atoms with Gasteiger partial charge in [0.05, 0.1) is 18.5 Å². The number of nitrogens with one attached hydrogen (secondary N) is 1. The second-order valence-electron chi connectivity index (χ2n) is 7.36. The molecule has 0 amide bonds. The van der Waals surface area contributed by atoms with Crippen molar-refractivity contribution in [2.45, 2.75) is 19.8 Å². The van der Waals surface area contributed by atoms with Crippen LogP contribution < -0.4 is 10.1 Å². The summed E-state index contributed by atoms with van der Waals surface area (Å²) in [6, 6.07) is 7.74. The Kier molecular flexibility index (Phi) is 5.59. The van der Waals surface area contributed by atoms with Gasteiger partial charge in [0, 0.05) is 16.6 Å². The second kappa shape index (κ2) is 8.29. The zero-order valence-corrected chi connectivity index (χ0v) is 16.9. The van der Waals surface area contributed by atoms with E-state index in [0.717, 1.165) is 42.4 Å². The number of hydrogen-bond acceptors (Lipinski definition) is 6. The molecule has 1 saturated heterocycles. The number of aromatic nitrogens is 3. The Labute approximate surface area is 169 Å². The molecule has 7 heteroatoms. The van der Waals surface area contributed by atoms with Gasteiger partial charge in [0.1, 0.15) is 5.82 Å². The first-order valence-corrected chi connectivity index (χ1v) is 9.92. The summed E-state index contributed by atoms with van der Waals surface area (Å²) in [6.45, 7) is 4.84. The molecule has 4 rings (SSSR count). The number of rotatable bonds is 5. The third-order valence-electron chi connectivity index (χ3n) is 5.17. The molecule has 1 N–H and O–H groups in total. The number of anilines is 2. The largest absolute Gasteiger partial charge is 0.476 e. The fourth-order valence-corrected chi connectivity index (χ4v) is 3.62. The summed E-state index contributed by atoms with van der Waals surface area (Å²) >= 11 is 6.21. The van der Waals surface area contributed by atoms with Gasteiger partial charge in [-0.1, -0.05) is 23.7 Å². The van der Waals surface area contributed by atoms with E-state index in [9.17, 15) is 0 Å². The molecular weight excluding hydrogens is 374 g/mol. The van der Waals surface area contributed by atoms with E-state index in [1.807, 2.05) is 31.2 Å². The Bertz CT molecular complexity index is 972. The van der Waals surface area contributed by atoms with Crippen LogP contribution in [0.1, 0.15) is 18.5 Å². The van der Waals surface area contributed by atoms with E-state index < -0.39 is 0 Å². The normalized spacial score (nSPS) is 15.7. The Morgan fingerprint density at radius 1 is 1.18 bits per heavy atom. The highest BCUT2D eigenvalue weighted by molar-refractivity contribution is 6.35. The first-order valence-electron chi connectivity index (χ1n) is 9.55. The minimum atomic E-state index is 0.570. The van der Waals surface area contributed by atoms with Crippen LogP contribution in [0, 0.1) is 12.8 Å². The third-order valence-corrected chi connectivity index (χ3v) is 5.50. The molecular formula is C21H24ClN5O. The van der Waals surface area contributed by atoms with Crippen molar-refractivity contribution in [2.24, 2.45) is 5.92 Å². The van der Waals surface area contributed by atoms with Crippen molar-refractivity contribution in [2.75, 3.05) is 32.1 Å². The lowest BCUT2D eigenvalue weighted by Gasteiger charge is -2.28. The van der Waals surface area contributed by atoms with Gasteiger partial charge >= 0.3 is 0 Å². The average Bonchev–Trinajstić information content (AvgIpc) is 2.70. The molecule has 1 aliphatic rings. The molecule has 1 aliphatic heterocycles. The van der Waals surface area contributed by atoms with E-state index in [2.05, 4.69) is 32.2 Å². The lowest BCUT2D eigenvalue weighted by Crippen LogP contribution is -2.32. The zero-order valence-electron chi connectivity index (χ0n) is 16.2. The first kappa shape index (κ1) is 18.9. The van der Waals surface area contributed by atoms with E-state index in [-0.39, 0.29) is 0 Å². The van der Waals surface area contributed by atoms with Gasteiger partial charge in [-0.05, 0) is 63.3 Å².